The minimum Gasteiger partial charge on any atom is -0.480 e. The zero-order valence-corrected chi connectivity index (χ0v) is 18.3. The van der Waals surface area contributed by atoms with Gasteiger partial charge in [-0.15, -0.1) is 0 Å². The zero-order valence-electron chi connectivity index (χ0n) is 18.3. The summed E-state index contributed by atoms with van der Waals surface area (Å²) < 4.78 is 5.28. The van der Waals surface area contributed by atoms with Crippen molar-refractivity contribution in [1.82, 2.24) is 15.5 Å². The number of amides is 3. The van der Waals surface area contributed by atoms with Crippen molar-refractivity contribution in [2.45, 2.75) is 78.5 Å². The zero-order chi connectivity index (χ0) is 22.4. The van der Waals surface area contributed by atoms with E-state index in [0.29, 0.717) is 32.4 Å². The van der Waals surface area contributed by atoms with E-state index in [4.69, 9.17) is 9.84 Å². The van der Waals surface area contributed by atoms with Gasteiger partial charge < -0.3 is 25.4 Å². The average molecular weight is 414 g/mol. The Hall–Kier alpha value is -2.32. The van der Waals surface area contributed by atoms with Crippen LogP contribution in [0, 0.1) is 11.8 Å². The van der Waals surface area contributed by atoms with E-state index in [1.54, 1.807) is 25.7 Å². The molecule has 0 spiro atoms. The molecule has 1 unspecified atom stereocenters. The van der Waals surface area contributed by atoms with Crippen molar-refractivity contribution < 1.29 is 29.0 Å². The summed E-state index contributed by atoms with van der Waals surface area (Å²) in [5.41, 5.74) is -0.661. The molecular weight excluding hydrogens is 378 g/mol. The number of hydrogen-bond donors (Lipinski definition) is 3. The number of carboxylic acid groups (broad SMARTS) is 1. The molecular formula is C20H35N3O6. The van der Waals surface area contributed by atoms with Crippen LogP contribution in [0.4, 0.5) is 4.79 Å². The monoisotopic (exact) mass is 413 g/mol. The summed E-state index contributed by atoms with van der Waals surface area (Å²) in [4.78, 5) is 49.9. The third-order valence-electron chi connectivity index (χ3n) is 5.06. The van der Waals surface area contributed by atoms with Crippen molar-refractivity contribution in [2.75, 3.05) is 13.1 Å². The molecule has 0 radical (unpaired) electrons. The molecule has 1 aliphatic heterocycles. The van der Waals surface area contributed by atoms with Crippen molar-refractivity contribution in [3.05, 3.63) is 0 Å². The summed E-state index contributed by atoms with van der Waals surface area (Å²) in [6.07, 6.45) is 0.971. The molecule has 0 aliphatic carbocycles. The highest BCUT2D eigenvalue weighted by atomic mass is 16.6. The van der Waals surface area contributed by atoms with Crippen LogP contribution in [-0.2, 0) is 19.1 Å². The number of nitrogens with one attached hydrogen (secondary N) is 2. The van der Waals surface area contributed by atoms with Crippen LogP contribution in [-0.4, -0.2) is 64.7 Å². The molecule has 29 heavy (non-hydrogen) atoms. The van der Waals surface area contributed by atoms with Gasteiger partial charge in [-0.3, -0.25) is 14.4 Å². The summed E-state index contributed by atoms with van der Waals surface area (Å²) in [6, 6.07) is -1.65. The van der Waals surface area contributed by atoms with E-state index in [9.17, 15) is 19.2 Å². The first-order valence-corrected chi connectivity index (χ1v) is 10.2. The first-order valence-electron chi connectivity index (χ1n) is 10.2. The lowest BCUT2D eigenvalue weighted by Gasteiger charge is -2.35. The quantitative estimate of drug-likeness (QED) is 0.584. The number of carbonyl (C=O) groups is 4. The van der Waals surface area contributed by atoms with Crippen LogP contribution in [0.3, 0.4) is 0 Å². The second-order valence-corrected chi connectivity index (χ2v) is 8.68. The van der Waals surface area contributed by atoms with Gasteiger partial charge in [0.2, 0.25) is 11.8 Å². The van der Waals surface area contributed by atoms with Crippen LogP contribution in [0.15, 0.2) is 0 Å². The Morgan fingerprint density at radius 3 is 2.10 bits per heavy atom. The summed E-state index contributed by atoms with van der Waals surface area (Å²) in [5, 5.41) is 14.1. The Kier molecular flexibility index (Phi) is 8.91. The van der Waals surface area contributed by atoms with Gasteiger partial charge in [-0.2, -0.15) is 0 Å². The Labute approximate surface area is 172 Å². The first kappa shape index (κ1) is 24.7. The molecule has 3 amide bonds. The molecule has 9 heteroatoms. The second kappa shape index (κ2) is 10.5. The topological polar surface area (TPSA) is 125 Å². The molecule has 3 atom stereocenters. The third-order valence-corrected chi connectivity index (χ3v) is 5.06. The maximum Gasteiger partial charge on any atom is 0.408 e. The van der Waals surface area contributed by atoms with E-state index in [0.717, 1.165) is 0 Å². The normalized spacial score (nSPS) is 18.3. The number of rotatable bonds is 7. The number of likely N-dealkylation sites (tertiary alicyclic amines) is 1. The van der Waals surface area contributed by atoms with E-state index in [1.807, 2.05) is 13.8 Å². The summed E-state index contributed by atoms with van der Waals surface area (Å²) in [5.74, 6) is -2.00. The van der Waals surface area contributed by atoms with Crippen molar-refractivity contribution in [2.24, 2.45) is 11.8 Å². The number of aliphatic carboxylic acids is 1. The highest BCUT2D eigenvalue weighted by Crippen LogP contribution is 2.21. The van der Waals surface area contributed by atoms with Gasteiger partial charge in [0, 0.05) is 19.0 Å². The summed E-state index contributed by atoms with van der Waals surface area (Å²) >= 11 is 0. The molecule has 1 heterocycles. The second-order valence-electron chi connectivity index (χ2n) is 8.68. The maximum absolute atomic E-state index is 13.0. The number of carbonyl (C=O) groups excluding carboxylic acids is 3. The van der Waals surface area contributed by atoms with Gasteiger partial charge in [0.25, 0.3) is 0 Å². The SMILES string of the molecule is CCC(C)[C@H](NC(=O)OC(C)(C)C)C(=O)N1CCC(C(=O)N[C@@H](C)C(=O)O)CC1. The van der Waals surface area contributed by atoms with Gasteiger partial charge in [0.05, 0.1) is 0 Å². The fourth-order valence-corrected chi connectivity index (χ4v) is 3.07. The van der Waals surface area contributed by atoms with E-state index in [1.165, 1.54) is 6.92 Å². The Balaban J connectivity index is 2.69. The van der Waals surface area contributed by atoms with Crippen LogP contribution < -0.4 is 10.6 Å². The molecule has 3 N–H and O–H groups in total. The predicted octanol–water partition coefficient (Wildman–Crippen LogP) is 1.75. The molecule has 1 aliphatic rings. The molecule has 1 saturated heterocycles. The average Bonchev–Trinajstić information content (AvgIpc) is 2.63. The molecule has 166 valence electrons. The first-order chi connectivity index (χ1) is 13.4. The minimum absolute atomic E-state index is 0.0764. The highest BCUT2D eigenvalue weighted by Gasteiger charge is 2.35. The summed E-state index contributed by atoms with van der Waals surface area (Å²) in [7, 11) is 0. The number of hydrogen-bond acceptors (Lipinski definition) is 5. The Morgan fingerprint density at radius 1 is 1.10 bits per heavy atom. The highest BCUT2D eigenvalue weighted by molar-refractivity contribution is 5.87. The molecule has 0 saturated carbocycles. The van der Waals surface area contributed by atoms with E-state index < -0.39 is 29.7 Å². The van der Waals surface area contributed by atoms with Crippen LogP contribution >= 0.6 is 0 Å². The van der Waals surface area contributed by atoms with Gasteiger partial charge >= 0.3 is 12.1 Å². The number of piperidine rings is 1. The van der Waals surface area contributed by atoms with Crippen molar-refractivity contribution in [3.8, 4) is 0 Å². The van der Waals surface area contributed by atoms with E-state index in [2.05, 4.69) is 10.6 Å². The van der Waals surface area contributed by atoms with Gasteiger partial charge in [-0.25, -0.2) is 4.79 Å². The van der Waals surface area contributed by atoms with Crippen molar-refractivity contribution >= 4 is 23.9 Å². The van der Waals surface area contributed by atoms with Gasteiger partial charge in [0.1, 0.15) is 17.7 Å². The molecule has 0 aromatic carbocycles. The number of carboxylic acids is 1. The summed E-state index contributed by atoms with van der Waals surface area (Å²) in [6.45, 7) is 11.3. The molecule has 1 fully saturated rings. The maximum atomic E-state index is 13.0. The Bertz CT molecular complexity index is 608. The van der Waals surface area contributed by atoms with Gasteiger partial charge in [-0.05, 0) is 46.5 Å². The van der Waals surface area contributed by atoms with Gasteiger partial charge in [-0.1, -0.05) is 20.3 Å². The lowest BCUT2D eigenvalue weighted by molar-refractivity contribution is -0.142. The van der Waals surface area contributed by atoms with Crippen LogP contribution in [0.2, 0.25) is 0 Å². The van der Waals surface area contributed by atoms with Crippen molar-refractivity contribution in [3.63, 3.8) is 0 Å². The molecule has 9 nitrogen and oxygen atoms in total. The lowest BCUT2D eigenvalue weighted by atomic mass is 9.93. The van der Waals surface area contributed by atoms with E-state index >= 15 is 0 Å². The van der Waals surface area contributed by atoms with E-state index in [-0.39, 0.29) is 23.7 Å². The van der Waals surface area contributed by atoms with Crippen LogP contribution in [0.5, 0.6) is 0 Å². The minimum atomic E-state index is -1.09. The molecule has 0 bridgehead atoms. The van der Waals surface area contributed by atoms with Gasteiger partial charge in [0.15, 0.2) is 0 Å². The van der Waals surface area contributed by atoms with Crippen LogP contribution in [0.25, 0.3) is 0 Å². The molecule has 0 aromatic rings. The lowest BCUT2D eigenvalue weighted by Crippen LogP contribution is -2.55. The fraction of sp³-hybridized carbons (Fsp3) is 0.800. The number of ether oxygens (including phenoxy) is 1. The predicted molar refractivity (Wildman–Crippen MR) is 107 cm³/mol. The largest absolute Gasteiger partial charge is 0.480 e. The number of nitrogens with zero attached hydrogens (tertiary/aromatic N) is 1. The third kappa shape index (κ3) is 7.91. The smallest absolute Gasteiger partial charge is 0.408 e. The number of alkyl carbamates (subject to hydrolysis) is 1. The van der Waals surface area contributed by atoms with Crippen LogP contribution in [0.1, 0.15) is 60.8 Å². The molecule has 1 rings (SSSR count). The standard InChI is InChI=1S/C20H35N3O6/c1-7-12(2)15(22-19(28)29-20(4,5)6)17(25)23-10-8-14(9-11-23)16(24)21-13(3)18(26)27/h12-15H,7-11H2,1-6H3,(H,21,24)(H,22,28)(H,26,27)/t12?,13-,15-/m0/s1. The Morgan fingerprint density at radius 2 is 1.66 bits per heavy atom. The molecule has 0 aromatic heterocycles. The van der Waals surface area contributed by atoms with Crippen molar-refractivity contribution in [1.29, 1.82) is 0 Å². The fourth-order valence-electron chi connectivity index (χ4n) is 3.07.